The van der Waals surface area contributed by atoms with E-state index in [0.29, 0.717) is 12.1 Å². The van der Waals surface area contributed by atoms with Crippen molar-refractivity contribution in [1.29, 1.82) is 0 Å². The fourth-order valence-electron chi connectivity index (χ4n) is 0.918. The molecule has 0 fully saturated rings. The summed E-state index contributed by atoms with van der Waals surface area (Å²) in [5.74, 6) is 2.30. The van der Waals surface area contributed by atoms with Crippen molar-refractivity contribution in [2.75, 3.05) is 13.6 Å². The van der Waals surface area contributed by atoms with Crippen LogP contribution in [0.2, 0.25) is 0 Å². The smallest absolute Gasteiger partial charge is 0.255 e. The molecule has 0 aliphatic heterocycles. The van der Waals surface area contributed by atoms with Crippen LogP contribution in [0.5, 0.6) is 0 Å². The fraction of sp³-hybridized carbons (Fsp3) is 0.200. The summed E-state index contributed by atoms with van der Waals surface area (Å²) in [6.45, 7) is 0.313. The van der Waals surface area contributed by atoms with Gasteiger partial charge in [0.2, 0.25) is 0 Å². The molecule has 0 radical (unpaired) electrons. The minimum Gasteiger partial charge on any atom is -0.331 e. The van der Waals surface area contributed by atoms with E-state index in [1.54, 1.807) is 25.4 Å². The van der Waals surface area contributed by atoms with Crippen LogP contribution in [0.25, 0.3) is 0 Å². The van der Waals surface area contributed by atoms with Crippen molar-refractivity contribution in [3.05, 3.63) is 30.1 Å². The SMILES string of the molecule is C#CCN(C)C(=O)c1cccnc1. The molecule has 0 aliphatic rings. The lowest BCUT2D eigenvalue weighted by Gasteiger charge is -2.12. The third-order valence-electron chi connectivity index (χ3n) is 1.58. The first-order chi connectivity index (χ1) is 6.25. The number of amides is 1. The van der Waals surface area contributed by atoms with Crippen LogP contribution in [-0.2, 0) is 0 Å². The molecular weight excluding hydrogens is 164 g/mol. The van der Waals surface area contributed by atoms with Crippen LogP contribution in [-0.4, -0.2) is 29.4 Å². The fourth-order valence-corrected chi connectivity index (χ4v) is 0.918. The molecule has 1 amide bonds. The third-order valence-corrected chi connectivity index (χ3v) is 1.58. The van der Waals surface area contributed by atoms with Crippen LogP contribution in [0, 0.1) is 12.3 Å². The van der Waals surface area contributed by atoms with Gasteiger partial charge in [-0.1, -0.05) is 5.92 Å². The summed E-state index contributed by atoms with van der Waals surface area (Å²) < 4.78 is 0. The van der Waals surface area contributed by atoms with Gasteiger partial charge >= 0.3 is 0 Å². The Morgan fingerprint density at radius 3 is 3.08 bits per heavy atom. The quantitative estimate of drug-likeness (QED) is 0.621. The largest absolute Gasteiger partial charge is 0.331 e. The number of carbonyl (C=O) groups is 1. The van der Waals surface area contributed by atoms with E-state index in [1.807, 2.05) is 0 Å². The summed E-state index contributed by atoms with van der Waals surface area (Å²) in [6, 6.07) is 3.43. The van der Waals surface area contributed by atoms with E-state index in [-0.39, 0.29) is 5.91 Å². The van der Waals surface area contributed by atoms with Crippen LogP contribution < -0.4 is 0 Å². The lowest BCUT2D eigenvalue weighted by Crippen LogP contribution is -2.26. The Bertz CT molecular complexity index is 327. The van der Waals surface area contributed by atoms with Gasteiger partial charge in [-0.25, -0.2) is 0 Å². The number of nitrogens with zero attached hydrogens (tertiary/aromatic N) is 2. The van der Waals surface area contributed by atoms with Gasteiger partial charge in [0.1, 0.15) is 0 Å². The zero-order chi connectivity index (χ0) is 9.68. The monoisotopic (exact) mass is 174 g/mol. The van der Waals surface area contributed by atoms with Gasteiger partial charge in [-0.3, -0.25) is 9.78 Å². The van der Waals surface area contributed by atoms with E-state index in [4.69, 9.17) is 6.42 Å². The summed E-state index contributed by atoms with van der Waals surface area (Å²) in [6.07, 6.45) is 8.23. The molecule has 0 aliphatic carbocycles. The molecule has 66 valence electrons. The number of aromatic nitrogens is 1. The first-order valence-corrected chi connectivity index (χ1v) is 3.84. The Kier molecular flexibility index (Phi) is 3.04. The number of hydrogen-bond donors (Lipinski definition) is 0. The maximum absolute atomic E-state index is 11.5. The lowest BCUT2D eigenvalue weighted by molar-refractivity contribution is 0.0812. The Labute approximate surface area is 77.4 Å². The molecule has 0 aromatic carbocycles. The Hall–Kier alpha value is -1.82. The molecule has 1 rings (SSSR count). The highest BCUT2D eigenvalue weighted by Gasteiger charge is 2.09. The Balaban J connectivity index is 2.75. The number of pyridine rings is 1. The maximum atomic E-state index is 11.5. The molecule has 0 unspecified atom stereocenters. The highest BCUT2D eigenvalue weighted by atomic mass is 16.2. The molecule has 13 heavy (non-hydrogen) atoms. The normalized spacial score (nSPS) is 8.92. The topological polar surface area (TPSA) is 33.2 Å². The van der Waals surface area contributed by atoms with E-state index in [2.05, 4.69) is 10.9 Å². The minimum absolute atomic E-state index is 0.106. The molecule has 1 heterocycles. The van der Waals surface area contributed by atoms with Gasteiger partial charge in [0.05, 0.1) is 12.1 Å². The van der Waals surface area contributed by atoms with E-state index in [9.17, 15) is 4.79 Å². The van der Waals surface area contributed by atoms with Gasteiger partial charge in [0.25, 0.3) is 5.91 Å². The molecule has 0 saturated heterocycles. The number of terminal acetylenes is 1. The van der Waals surface area contributed by atoms with Crippen LogP contribution in [0.1, 0.15) is 10.4 Å². The molecule has 1 aromatic rings. The van der Waals surface area contributed by atoms with E-state index in [0.717, 1.165) is 0 Å². The molecule has 3 nitrogen and oxygen atoms in total. The average molecular weight is 174 g/mol. The lowest BCUT2D eigenvalue weighted by atomic mass is 10.2. The predicted octanol–water partition coefficient (Wildman–Crippen LogP) is 0.787. The second-order valence-electron chi connectivity index (χ2n) is 2.61. The van der Waals surface area contributed by atoms with Crippen molar-refractivity contribution in [1.82, 2.24) is 9.88 Å². The summed E-state index contributed by atoms with van der Waals surface area (Å²) >= 11 is 0. The third kappa shape index (κ3) is 2.31. The summed E-state index contributed by atoms with van der Waals surface area (Å²) in [5, 5.41) is 0. The molecular formula is C10H10N2O. The van der Waals surface area contributed by atoms with Crippen LogP contribution in [0.4, 0.5) is 0 Å². The van der Waals surface area contributed by atoms with Gasteiger partial charge < -0.3 is 4.90 Å². The first-order valence-electron chi connectivity index (χ1n) is 3.84. The van der Waals surface area contributed by atoms with Gasteiger partial charge in [0, 0.05) is 19.4 Å². The van der Waals surface area contributed by atoms with Crippen LogP contribution in [0.3, 0.4) is 0 Å². The Morgan fingerprint density at radius 2 is 2.54 bits per heavy atom. The standard InChI is InChI=1S/C10H10N2O/c1-3-7-12(2)10(13)9-5-4-6-11-8-9/h1,4-6,8H,7H2,2H3. The zero-order valence-corrected chi connectivity index (χ0v) is 7.40. The number of hydrogen-bond acceptors (Lipinski definition) is 2. The number of rotatable bonds is 2. The van der Waals surface area contributed by atoms with Crippen molar-refractivity contribution < 1.29 is 4.79 Å². The Morgan fingerprint density at radius 1 is 1.77 bits per heavy atom. The van der Waals surface area contributed by atoms with Crippen LogP contribution >= 0.6 is 0 Å². The van der Waals surface area contributed by atoms with Crippen molar-refractivity contribution in [2.45, 2.75) is 0 Å². The van der Waals surface area contributed by atoms with Crippen molar-refractivity contribution >= 4 is 5.91 Å². The average Bonchev–Trinajstić information content (AvgIpc) is 2.18. The predicted molar refractivity (Wildman–Crippen MR) is 50.0 cm³/mol. The van der Waals surface area contributed by atoms with Gasteiger partial charge in [-0.05, 0) is 12.1 Å². The molecule has 0 N–H and O–H groups in total. The molecule has 0 spiro atoms. The van der Waals surface area contributed by atoms with Gasteiger partial charge in [-0.2, -0.15) is 0 Å². The van der Waals surface area contributed by atoms with E-state index < -0.39 is 0 Å². The highest BCUT2D eigenvalue weighted by Crippen LogP contribution is 1.99. The minimum atomic E-state index is -0.106. The molecule has 3 heteroatoms. The second-order valence-corrected chi connectivity index (χ2v) is 2.61. The summed E-state index contributed by atoms with van der Waals surface area (Å²) in [5.41, 5.74) is 0.556. The second kappa shape index (κ2) is 4.27. The highest BCUT2D eigenvalue weighted by molar-refractivity contribution is 5.93. The maximum Gasteiger partial charge on any atom is 0.255 e. The number of carbonyl (C=O) groups excluding carboxylic acids is 1. The molecule has 0 bridgehead atoms. The van der Waals surface area contributed by atoms with Crippen molar-refractivity contribution in [3.8, 4) is 12.3 Å². The zero-order valence-electron chi connectivity index (χ0n) is 7.40. The molecule has 0 atom stereocenters. The van der Waals surface area contributed by atoms with E-state index >= 15 is 0 Å². The van der Waals surface area contributed by atoms with Crippen molar-refractivity contribution in [3.63, 3.8) is 0 Å². The van der Waals surface area contributed by atoms with Gasteiger partial charge in [-0.15, -0.1) is 6.42 Å². The van der Waals surface area contributed by atoms with E-state index in [1.165, 1.54) is 11.1 Å². The summed E-state index contributed by atoms with van der Waals surface area (Å²) in [4.78, 5) is 16.8. The first kappa shape index (κ1) is 9.27. The summed E-state index contributed by atoms with van der Waals surface area (Å²) in [7, 11) is 1.66. The van der Waals surface area contributed by atoms with Crippen molar-refractivity contribution in [2.24, 2.45) is 0 Å². The molecule has 0 saturated carbocycles. The van der Waals surface area contributed by atoms with Gasteiger partial charge in [0.15, 0.2) is 0 Å². The molecule has 1 aromatic heterocycles. The van der Waals surface area contributed by atoms with Crippen LogP contribution in [0.15, 0.2) is 24.5 Å².